The molecule has 0 aliphatic rings. The van der Waals surface area contributed by atoms with Gasteiger partial charge < -0.3 is 0 Å². The standard InChI is InChI=1S/C59H55/c1-9-26-47(27-10-1)28-25-37-50(48-29-11-2-12-30-48)44-45-53(49-31-13-3-14-32-49)46-57(58(51-33-15-4-16-34-51)52-35-17-5-18-36-52)59(54-38-19-6-20-39-54,55-40-21-7-22-41-55)56-42-23-8-24-43-56/h2-24,26-27,29-36,38-43,50,53,57-58H,25,28,37,44-46H2. The van der Waals surface area contributed by atoms with Gasteiger partial charge in [0, 0.05) is 11.3 Å². The molecular formula is C59H55. The third-order valence-corrected chi connectivity index (χ3v) is 12.7. The molecule has 3 atom stereocenters. The maximum atomic E-state index is 3.19. The predicted molar refractivity (Wildman–Crippen MR) is 248 cm³/mol. The summed E-state index contributed by atoms with van der Waals surface area (Å²) in [6.07, 6.45) is 6.60. The van der Waals surface area contributed by atoms with Crippen LogP contribution in [-0.2, 0) is 11.8 Å². The summed E-state index contributed by atoms with van der Waals surface area (Å²) >= 11 is 0. The van der Waals surface area contributed by atoms with Crippen molar-refractivity contribution in [2.24, 2.45) is 5.92 Å². The molecule has 3 unspecified atom stereocenters. The van der Waals surface area contributed by atoms with Gasteiger partial charge in [0.15, 0.2) is 0 Å². The Morgan fingerprint density at radius 2 is 0.712 bits per heavy atom. The van der Waals surface area contributed by atoms with Crippen LogP contribution >= 0.6 is 0 Å². The topological polar surface area (TPSA) is 0 Å². The van der Waals surface area contributed by atoms with E-state index < -0.39 is 5.41 Å². The van der Waals surface area contributed by atoms with Gasteiger partial charge in [0.1, 0.15) is 0 Å². The van der Waals surface area contributed by atoms with Crippen LogP contribution in [0.5, 0.6) is 0 Å². The van der Waals surface area contributed by atoms with E-state index >= 15 is 0 Å². The molecule has 0 saturated carbocycles. The van der Waals surface area contributed by atoms with E-state index in [-0.39, 0.29) is 11.8 Å². The van der Waals surface area contributed by atoms with Gasteiger partial charge in [0.25, 0.3) is 0 Å². The summed E-state index contributed by atoms with van der Waals surface area (Å²) in [6, 6.07) is 91.4. The predicted octanol–water partition coefficient (Wildman–Crippen LogP) is 15.0. The van der Waals surface area contributed by atoms with E-state index in [0.717, 1.165) is 38.5 Å². The van der Waals surface area contributed by atoms with Crippen molar-refractivity contribution in [3.63, 3.8) is 0 Å². The van der Waals surface area contributed by atoms with E-state index in [1.807, 2.05) is 12.1 Å². The van der Waals surface area contributed by atoms with Gasteiger partial charge in [-0.1, -0.05) is 237 Å². The Hall–Kier alpha value is -6.24. The first-order valence-electron chi connectivity index (χ1n) is 21.6. The smallest absolute Gasteiger partial charge is 0.0488 e. The second kappa shape index (κ2) is 20.0. The van der Waals surface area contributed by atoms with Gasteiger partial charge in [0.05, 0.1) is 0 Å². The molecule has 0 fully saturated rings. The lowest BCUT2D eigenvalue weighted by Crippen LogP contribution is -2.42. The zero-order valence-electron chi connectivity index (χ0n) is 34.1. The van der Waals surface area contributed by atoms with Crippen LogP contribution in [0.4, 0.5) is 0 Å². The molecular weight excluding hydrogens is 709 g/mol. The maximum absolute atomic E-state index is 3.19. The minimum Gasteiger partial charge on any atom is -0.0622 e. The first-order valence-corrected chi connectivity index (χ1v) is 21.6. The number of aryl methyl sites for hydroxylation is 1. The third kappa shape index (κ3) is 9.40. The Morgan fingerprint density at radius 1 is 0.356 bits per heavy atom. The van der Waals surface area contributed by atoms with Crippen molar-refractivity contribution in [1.82, 2.24) is 0 Å². The quantitative estimate of drug-likeness (QED) is 0.0764. The Bertz CT molecular complexity index is 2220. The number of rotatable bonds is 18. The zero-order chi connectivity index (χ0) is 40.0. The lowest BCUT2D eigenvalue weighted by molar-refractivity contribution is 0.281. The van der Waals surface area contributed by atoms with Gasteiger partial charge in [0.2, 0.25) is 0 Å². The van der Waals surface area contributed by atoms with Crippen molar-refractivity contribution in [3.8, 4) is 0 Å². The maximum Gasteiger partial charge on any atom is 0.0488 e. The summed E-state index contributed by atoms with van der Waals surface area (Å²) < 4.78 is 0. The fraction of sp³-hybridized carbons (Fsp3) is 0.186. The lowest BCUT2D eigenvalue weighted by atomic mass is 9.54. The molecule has 8 aromatic carbocycles. The lowest BCUT2D eigenvalue weighted by Gasteiger charge is -2.48. The molecule has 8 aromatic rings. The van der Waals surface area contributed by atoms with Gasteiger partial charge in [-0.05, 0) is 107 Å². The molecule has 291 valence electrons. The Labute approximate surface area is 353 Å². The largest absolute Gasteiger partial charge is 0.0622 e. The van der Waals surface area contributed by atoms with Crippen molar-refractivity contribution in [2.75, 3.05) is 0 Å². The number of benzene rings is 8. The highest BCUT2D eigenvalue weighted by Crippen LogP contribution is 2.55. The Balaban J connectivity index is 1.30. The molecule has 0 saturated heterocycles. The van der Waals surface area contributed by atoms with Crippen molar-refractivity contribution in [2.45, 2.75) is 61.7 Å². The minimum atomic E-state index is -0.487. The summed E-state index contributed by atoms with van der Waals surface area (Å²) in [7, 11) is 0. The normalized spacial score (nSPS) is 13.1. The summed E-state index contributed by atoms with van der Waals surface area (Å²) in [5.74, 6) is 0.992. The fourth-order valence-electron chi connectivity index (χ4n) is 9.98. The molecule has 0 aliphatic carbocycles. The number of hydrogen-bond donors (Lipinski definition) is 0. The molecule has 0 aromatic heterocycles. The van der Waals surface area contributed by atoms with E-state index in [0.29, 0.717) is 11.8 Å². The Kier molecular flexibility index (Phi) is 13.4. The Morgan fingerprint density at radius 3 is 1.14 bits per heavy atom. The SMILES string of the molecule is [c]1ccc(CCCC(CCC(CC(C(c2ccccc2)c2ccccc2)C(c2ccccc2)(c2ccccc2)c2ccccc2)c2ccccc2)c2ccccc2)cc1. The van der Waals surface area contributed by atoms with Crippen LogP contribution in [-0.4, -0.2) is 0 Å². The average molecular weight is 764 g/mol. The summed E-state index contributed by atoms with van der Waals surface area (Å²) in [6.45, 7) is 0. The fourth-order valence-corrected chi connectivity index (χ4v) is 9.98. The summed E-state index contributed by atoms with van der Waals surface area (Å²) in [4.78, 5) is 0. The van der Waals surface area contributed by atoms with Gasteiger partial charge in [-0.3, -0.25) is 0 Å². The molecule has 0 nitrogen and oxygen atoms in total. The molecule has 0 bridgehead atoms. The average Bonchev–Trinajstić information content (AvgIpc) is 3.32. The summed E-state index contributed by atoms with van der Waals surface area (Å²) in [5, 5.41) is 0. The van der Waals surface area contributed by atoms with Crippen LogP contribution < -0.4 is 0 Å². The third-order valence-electron chi connectivity index (χ3n) is 12.7. The van der Waals surface area contributed by atoms with Crippen molar-refractivity contribution in [1.29, 1.82) is 0 Å². The van der Waals surface area contributed by atoms with E-state index in [1.54, 1.807) is 0 Å². The van der Waals surface area contributed by atoms with Crippen LogP contribution in [0, 0.1) is 12.0 Å². The summed E-state index contributed by atoms with van der Waals surface area (Å²) in [5.41, 5.74) is 10.5. The highest BCUT2D eigenvalue weighted by Gasteiger charge is 2.48. The van der Waals surface area contributed by atoms with Crippen LogP contribution in [0.15, 0.2) is 237 Å². The number of hydrogen-bond acceptors (Lipinski definition) is 0. The van der Waals surface area contributed by atoms with Crippen LogP contribution in [0.25, 0.3) is 0 Å². The van der Waals surface area contributed by atoms with Crippen LogP contribution in [0.1, 0.15) is 94.4 Å². The van der Waals surface area contributed by atoms with E-state index in [9.17, 15) is 0 Å². The zero-order valence-corrected chi connectivity index (χ0v) is 34.1. The van der Waals surface area contributed by atoms with Gasteiger partial charge in [-0.25, -0.2) is 0 Å². The monoisotopic (exact) mass is 763 g/mol. The van der Waals surface area contributed by atoms with Gasteiger partial charge in [-0.15, -0.1) is 0 Å². The molecule has 1 radical (unpaired) electrons. The molecule has 8 rings (SSSR count). The van der Waals surface area contributed by atoms with Gasteiger partial charge >= 0.3 is 0 Å². The molecule has 0 N–H and O–H groups in total. The van der Waals surface area contributed by atoms with Crippen LogP contribution in [0.2, 0.25) is 0 Å². The first-order chi connectivity index (χ1) is 29.3. The molecule has 0 heterocycles. The molecule has 0 heteroatoms. The molecule has 0 spiro atoms. The second-order valence-corrected chi connectivity index (χ2v) is 16.1. The molecule has 0 amide bonds. The van der Waals surface area contributed by atoms with Crippen molar-refractivity contribution in [3.05, 3.63) is 287 Å². The highest BCUT2D eigenvalue weighted by molar-refractivity contribution is 5.54. The van der Waals surface area contributed by atoms with Crippen molar-refractivity contribution >= 4 is 0 Å². The first kappa shape index (κ1) is 39.6. The van der Waals surface area contributed by atoms with Crippen molar-refractivity contribution < 1.29 is 0 Å². The van der Waals surface area contributed by atoms with Crippen LogP contribution in [0.3, 0.4) is 0 Å². The minimum absolute atomic E-state index is 0.0947. The molecule has 0 aliphatic heterocycles. The van der Waals surface area contributed by atoms with Gasteiger partial charge in [-0.2, -0.15) is 0 Å². The van der Waals surface area contributed by atoms with E-state index in [1.165, 1.54) is 44.5 Å². The second-order valence-electron chi connectivity index (χ2n) is 16.1. The molecule has 59 heavy (non-hydrogen) atoms. The van der Waals surface area contributed by atoms with E-state index in [2.05, 4.69) is 231 Å². The highest BCUT2D eigenvalue weighted by atomic mass is 14.5. The van der Waals surface area contributed by atoms with E-state index in [4.69, 9.17) is 0 Å².